The zero-order valence-corrected chi connectivity index (χ0v) is 16.9. The first kappa shape index (κ1) is 18.4. The van der Waals surface area contributed by atoms with Gasteiger partial charge >= 0.3 is 0 Å². The number of halogens is 1. The van der Waals surface area contributed by atoms with Gasteiger partial charge < -0.3 is 5.32 Å². The summed E-state index contributed by atoms with van der Waals surface area (Å²) in [6, 6.07) is 14.1. The van der Waals surface area contributed by atoms with Crippen LogP contribution in [0.3, 0.4) is 0 Å². The standard InChI is InChI=1S/C21H25IN2O/c1-16-14-19(22)10-11-20(16)23-21(25)18-8-6-17(7-9-18)15-24-12-4-2-3-5-13-24/h6-11,14H,2-5,12-13,15H2,1H3,(H,23,25). The Morgan fingerprint density at radius 1 is 1.04 bits per heavy atom. The molecular formula is C21H25IN2O. The topological polar surface area (TPSA) is 32.3 Å². The summed E-state index contributed by atoms with van der Waals surface area (Å²) >= 11 is 2.28. The van der Waals surface area contributed by atoms with Crippen LogP contribution in [0.2, 0.25) is 0 Å². The van der Waals surface area contributed by atoms with Crippen molar-refractivity contribution >= 4 is 34.2 Å². The average Bonchev–Trinajstić information content (AvgIpc) is 2.87. The Balaban J connectivity index is 1.62. The van der Waals surface area contributed by atoms with E-state index in [1.165, 1.54) is 47.9 Å². The Bertz CT molecular complexity index is 719. The zero-order valence-electron chi connectivity index (χ0n) is 14.7. The molecule has 0 unspecified atom stereocenters. The van der Waals surface area contributed by atoms with E-state index < -0.39 is 0 Å². The molecule has 4 heteroatoms. The summed E-state index contributed by atoms with van der Waals surface area (Å²) in [5.74, 6) is -0.0503. The van der Waals surface area contributed by atoms with Crippen molar-refractivity contribution in [2.45, 2.75) is 39.2 Å². The van der Waals surface area contributed by atoms with E-state index in [4.69, 9.17) is 0 Å². The molecule has 0 aliphatic carbocycles. The largest absolute Gasteiger partial charge is 0.322 e. The third-order valence-electron chi connectivity index (χ3n) is 4.76. The van der Waals surface area contributed by atoms with Crippen molar-refractivity contribution in [2.24, 2.45) is 0 Å². The predicted molar refractivity (Wildman–Crippen MR) is 112 cm³/mol. The predicted octanol–water partition coefficient (Wildman–Crippen LogP) is 5.23. The first-order chi connectivity index (χ1) is 12.1. The Hall–Kier alpha value is -1.40. The molecule has 0 radical (unpaired) electrons. The molecule has 1 saturated heterocycles. The van der Waals surface area contributed by atoms with Crippen LogP contribution >= 0.6 is 22.6 Å². The van der Waals surface area contributed by atoms with Crippen molar-refractivity contribution < 1.29 is 4.79 Å². The van der Waals surface area contributed by atoms with Gasteiger partial charge in [-0.3, -0.25) is 9.69 Å². The Morgan fingerprint density at radius 2 is 1.72 bits per heavy atom. The highest BCUT2D eigenvalue weighted by Crippen LogP contribution is 2.19. The van der Waals surface area contributed by atoms with Crippen molar-refractivity contribution in [3.05, 3.63) is 62.7 Å². The van der Waals surface area contributed by atoms with Gasteiger partial charge in [-0.05, 0) is 96.9 Å². The number of carbonyl (C=O) groups is 1. The van der Waals surface area contributed by atoms with Crippen molar-refractivity contribution in [1.82, 2.24) is 4.90 Å². The van der Waals surface area contributed by atoms with Gasteiger partial charge in [0, 0.05) is 21.4 Å². The third kappa shape index (κ3) is 5.28. The summed E-state index contributed by atoms with van der Waals surface area (Å²) in [5, 5.41) is 3.01. The molecule has 2 aromatic carbocycles. The number of likely N-dealkylation sites (tertiary alicyclic amines) is 1. The molecule has 25 heavy (non-hydrogen) atoms. The van der Waals surface area contributed by atoms with Gasteiger partial charge in [-0.25, -0.2) is 0 Å². The number of aryl methyl sites for hydroxylation is 1. The second-order valence-corrected chi connectivity index (χ2v) is 8.05. The van der Waals surface area contributed by atoms with Gasteiger partial charge in [0.05, 0.1) is 0 Å². The van der Waals surface area contributed by atoms with Crippen molar-refractivity contribution in [3.63, 3.8) is 0 Å². The lowest BCUT2D eigenvalue weighted by molar-refractivity contribution is 0.102. The molecule has 0 aromatic heterocycles. The number of rotatable bonds is 4. The molecule has 2 aromatic rings. The highest BCUT2D eigenvalue weighted by Gasteiger charge is 2.11. The van der Waals surface area contributed by atoms with Gasteiger partial charge in [0.25, 0.3) is 5.91 Å². The number of nitrogens with zero attached hydrogens (tertiary/aromatic N) is 1. The van der Waals surface area contributed by atoms with Gasteiger partial charge in [0.2, 0.25) is 0 Å². The summed E-state index contributed by atoms with van der Waals surface area (Å²) in [6.07, 6.45) is 5.31. The maximum Gasteiger partial charge on any atom is 0.255 e. The van der Waals surface area contributed by atoms with Gasteiger partial charge in [-0.1, -0.05) is 25.0 Å². The number of anilines is 1. The number of carbonyl (C=O) groups excluding carboxylic acids is 1. The normalized spacial score (nSPS) is 15.6. The molecule has 132 valence electrons. The molecule has 1 heterocycles. The first-order valence-corrected chi connectivity index (χ1v) is 10.1. The van der Waals surface area contributed by atoms with Crippen LogP contribution in [0.4, 0.5) is 5.69 Å². The molecule has 1 aliphatic rings. The van der Waals surface area contributed by atoms with E-state index >= 15 is 0 Å². The maximum atomic E-state index is 12.5. The lowest BCUT2D eigenvalue weighted by Gasteiger charge is -2.19. The maximum absolute atomic E-state index is 12.5. The minimum atomic E-state index is -0.0503. The van der Waals surface area contributed by atoms with E-state index in [1.807, 2.05) is 31.2 Å². The second kappa shape index (κ2) is 8.81. The van der Waals surface area contributed by atoms with Gasteiger partial charge in [0.15, 0.2) is 0 Å². The monoisotopic (exact) mass is 448 g/mol. The number of hydrogen-bond donors (Lipinski definition) is 1. The molecule has 1 aliphatic heterocycles. The fourth-order valence-electron chi connectivity index (χ4n) is 3.28. The lowest BCUT2D eigenvalue weighted by Crippen LogP contribution is -2.24. The van der Waals surface area contributed by atoms with Gasteiger partial charge in [-0.15, -0.1) is 0 Å². The summed E-state index contributed by atoms with van der Waals surface area (Å²) in [5.41, 5.74) is 3.94. The van der Waals surface area contributed by atoms with Crippen LogP contribution in [0.25, 0.3) is 0 Å². The van der Waals surface area contributed by atoms with Crippen LogP contribution in [-0.4, -0.2) is 23.9 Å². The van der Waals surface area contributed by atoms with Crippen LogP contribution in [0.5, 0.6) is 0 Å². The van der Waals surface area contributed by atoms with Crippen molar-refractivity contribution in [2.75, 3.05) is 18.4 Å². The fourth-order valence-corrected chi connectivity index (χ4v) is 3.92. The van der Waals surface area contributed by atoms with E-state index in [0.29, 0.717) is 5.56 Å². The average molecular weight is 448 g/mol. The zero-order chi connectivity index (χ0) is 17.6. The molecule has 3 nitrogen and oxygen atoms in total. The summed E-state index contributed by atoms with van der Waals surface area (Å²) in [7, 11) is 0. The quantitative estimate of drug-likeness (QED) is 0.650. The van der Waals surface area contributed by atoms with E-state index in [-0.39, 0.29) is 5.91 Å². The lowest BCUT2D eigenvalue weighted by atomic mass is 10.1. The SMILES string of the molecule is Cc1cc(I)ccc1NC(=O)c1ccc(CN2CCCCCC2)cc1. The Labute approximate surface area is 164 Å². The third-order valence-corrected chi connectivity index (χ3v) is 5.43. The molecule has 1 fully saturated rings. The van der Waals surface area contributed by atoms with Crippen LogP contribution in [-0.2, 0) is 6.54 Å². The Morgan fingerprint density at radius 3 is 2.36 bits per heavy atom. The highest BCUT2D eigenvalue weighted by atomic mass is 127. The van der Waals surface area contributed by atoms with Crippen molar-refractivity contribution in [1.29, 1.82) is 0 Å². The number of amides is 1. The molecule has 0 spiro atoms. The number of benzene rings is 2. The highest BCUT2D eigenvalue weighted by molar-refractivity contribution is 14.1. The van der Waals surface area contributed by atoms with Crippen LogP contribution in [0.15, 0.2) is 42.5 Å². The summed E-state index contributed by atoms with van der Waals surface area (Å²) in [6.45, 7) is 5.38. The molecule has 1 N–H and O–H groups in total. The molecule has 3 rings (SSSR count). The number of hydrogen-bond acceptors (Lipinski definition) is 2. The fraction of sp³-hybridized carbons (Fsp3) is 0.381. The van der Waals surface area contributed by atoms with Gasteiger partial charge in [0.1, 0.15) is 0 Å². The first-order valence-electron chi connectivity index (χ1n) is 9.00. The van der Waals surface area contributed by atoms with E-state index in [2.05, 4.69) is 51.0 Å². The molecular weight excluding hydrogens is 423 g/mol. The summed E-state index contributed by atoms with van der Waals surface area (Å²) < 4.78 is 1.17. The summed E-state index contributed by atoms with van der Waals surface area (Å²) in [4.78, 5) is 15.0. The van der Waals surface area contributed by atoms with Crippen LogP contribution < -0.4 is 5.32 Å². The van der Waals surface area contributed by atoms with Crippen LogP contribution in [0.1, 0.15) is 47.2 Å². The molecule has 0 saturated carbocycles. The van der Waals surface area contributed by atoms with E-state index in [1.54, 1.807) is 0 Å². The van der Waals surface area contributed by atoms with E-state index in [0.717, 1.165) is 17.8 Å². The second-order valence-electron chi connectivity index (χ2n) is 6.80. The molecule has 1 amide bonds. The molecule has 0 atom stereocenters. The smallest absolute Gasteiger partial charge is 0.255 e. The molecule has 0 bridgehead atoms. The minimum Gasteiger partial charge on any atom is -0.322 e. The van der Waals surface area contributed by atoms with Gasteiger partial charge in [-0.2, -0.15) is 0 Å². The van der Waals surface area contributed by atoms with E-state index in [9.17, 15) is 4.79 Å². The number of nitrogens with one attached hydrogen (secondary N) is 1. The minimum absolute atomic E-state index is 0.0503. The van der Waals surface area contributed by atoms with Crippen molar-refractivity contribution in [3.8, 4) is 0 Å². The Kier molecular flexibility index (Phi) is 6.48. The van der Waals surface area contributed by atoms with Crippen LogP contribution in [0, 0.1) is 10.5 Å².